The Morgan fingerprint density at radius 1 is 0.963 bits per heavy atom. The Bertz CT molecular complexity index is 890. The van der Waals surface area contributed by atoms with Gasteiger partial charge in [0.15, 0.2) is 5.82 Å². The average Bonchev–Trinajstić information content (AvgIpc) is 2.73. The van der Waals surface area contributed by atoms with Gasteiger partial charge < -0.3 is 10.2 Å². The van der Waals surface area contributed by atoms with Crippen LogP contribution in [0, 0.1) is 6.92 Å². The number of piperidine rings is 1. The van der Waals surface area contributed by atoms with Crippen molar-refractivity contribution < 1.29 is 0 Å². The fourth-order valence-corrected chi connectivity index (χ4v) is 3.35. The topological polar surface area (TPSA) is 66.8 Å². The van der Waals surface area contributed by atoms with Gasteiger partial charge in [-0.25, -0.2) is 15.0 Å². The molecule has 0 unspecified atom stereocenters. The highest BCUT2D eigenvalue weighted by Gasteiger charge is 2.12. The Balaban J connectivity index is 1.48. The van der Waals surface area contributed by atoms with E-state index < -0.39 is 0 Å². The molecule has 1 saturated heterocycles. The third kappa shape index (κ3) is 4.39. The van der Waals surface area contributed by atoms with E-state index in [0.29, 0.717) is 12.4 Å². The molecule has 0 radical (unpaired) electrons. The van der Waals surface area contributed by atoms with Crippen LogP contribution >= 0.6 is 0 Å². The predicted octanol–water partition coefficient (Wildman–Crippen LogP) is 3.84. The third-order valence-corrected chi connectivity index (χ3v) is 4.76. The van der Waals surface area contributed by atoms with Gasteiger partial charge in [0.2, 0.25) is 0 Å². The minimum atomic E-state index is 0.704. The largest absolute Gasteiger partial charge is 0.366 e. The summed E-state index contributed by atoms with van der Waals surface area (Å²) in [7, 11) is 0. The fraction of sp³-hybridized carbons (Fsp3) is 0.333. The van der Waals surface area contributed by atoms with Gasteiger partial charge in [-0.2, -0.15) is 0 Å². The lowest BCUT2D eigenvalue weighted by Gasteiger charge is -2.27. The molecule has 3 aromatic heterocycles. The normalized spacial score (nSPS) is 14.2. The molecule has 27 heavy (non-hydrogen) atoms. The van der Waals surface area contributed by atoms with E-state index in [2.05, 4.69) is 42.3 Å². The van der Waals surface area contributed by atoms with Crippen LogP contribution in [0.1, 0.15) is 30.5 Å². The Hall–Kier alpha value is -3.02. The summed E-state index contributed by atoms with van der Waals surface area (Å²) >= 11 is 0. The Morgan fingerprint density at radius 2 is 1.78 bits per heavy atom. The maximum Gasteiger partial charge on any atom is 0.161 e. The number of nitrogens with one attached hydrogen (secondary N) is 1. The maximum atomic E-state index is 4.66. The van der Waals surface area contributed by atoms with Crippen LogP contribution in [-0.2, 0) is 6.54 Å². The van der Waals surface area contributed by atoms with Crippen molar-refractivity contribution in [2.24, 2.45) is 0 Å². The number of aromatic nitrogens is 4. The predicted molar refractivity (Wildman–Crippen MR) is 108 cm³/mol. The number of nitrogens with zero attached hydrogens (tertiary/aromatic N) is 5. The van der Waals surface area contributed by atoms with E-state index in [9.17, 15) is 0 Å². The number of anilines is 2. The molecule has 1 aliphatic rings. The van der Waals surface area contributed by atoms with Crippen molar-refractivity contribution in [3.63, 3.8) is 0 Å². The molecule has 4 rings (SSSR count). The molecular formula is C21H24N6. The standard InChI is InChI=1S/C21H24N6/c1-16-13-19(26-21(25-16)18-6-8-22-9-7-18)24-15-17-5-10-23-20(14-17)27-11-3-2-4-12-27/h5-10,13-14H,2-4,11-12,15H2,1H3,(H,24,25,26). The van der Waals surface area contributed by atoms with Gasteiger partial charge in [0.05, 0.1) is 0 Å². The summed E-state index contributed by atoms with van der Waals surface area (Å²) < 4.78 is 0. The summed E-state index contributed by atoms with van der Waals surface area (Å²) in [6.07, 6.45) is 9.24. The third-order valence-electron chi connectivity index (χ3n) is 4.76. The van der Waals surface area contributed by atoms with Gasteiger partial charge in [-0.1, -0.05) is 0 Å². The van der Waals surface area contributed by atoms with Gasteiger partial charge in [0.25, 0.3) is 0 Å². The van der Waals surface area contributed by atoms with Crippen LogP contribution in [0.3, 0.4) is 0 Å². The molecule has 138 valence electrons. The Labute approximate surface area is 159 Å². The number of rotatable bonds is 5. The lowest BCUT2D eigenvalue weighted by atomic mass is 10.1. The highest BCUT2D eigenvalue weighted by atomic mass is 15.2. The van der Waals surface area contributed by atoms with Crippen LogP contribution in [0.2, 0.25) is 0 Å². The van der Waals surface area contributed by atoms with E-state index in [-0.39, 0.29) is 0 Å². The van der Waals surface area contributed by atoms with Crippen LogP contribution in [0.5, 0.6) is 0 Å². The molecule has 0 aliphatic carbocycles. The van der Waals surface area contributed by atoms with Crippen LogP contribution in [-0.4, -0.2) is 33.0 Å². The van der Waals surface area contributed by atoms with Crippen molar-refractivity contribution in [1.82, 2.24) is 19.9 Å². The Kier molecular flexibility index (Phi) is 5.23. The first-order valence-electron chi connectivity index (χ1n) is 9.48. The minimum absolute atomic E-state index is 0.704. The molecule has 6 heteroatoms. The van der Waals surface area contributed by atoms with Gasteiger partial charge in [-0.3, -0.25) is 4.98 Å². The number of aryl methyl sites for hydroxylation is 1. The number of hydrogen-bond acceptors (Lipinski definition) is 6. The summed E-state index contributed by atoms with van der Waals surface area (Å²) in [5, 5.41) is 3.43. The van der Waals surface area contributed by atoms with E-state index >= 15 is 0 Å². The zero-order chi connectivity index (χ0) is 18.5. The second-order valence-electron chi connectivity index (χ2n) is 6.88. The Morgan fingerprint density at radius 3 is 2.59 bits per heavy atom. The van der Waals surface area contributed by atoms with Crippen LogP contribution in [0.15, 0.2) is 48.9 Å². The van der Waals surface area contributed by atoms with Crippen LogP contribution in [0.25, 0.3) is 11.4 Å². The molecule has 1 aliphatic heterocycles. The molecule has 1 fully saturated rings. The highest BCUT2D eigenvalue weighted by Crippen LogP contribution is 2.20. The fourth-order valence-electron chi connectivity index (χ4n) is 3.35. The van der Waals surface area contributed by atoms with Gasteiger partial charge in [-0.15, -0.1) is 0 Å². The van der Waals surface area contributed by atoms with Crippen molar-refractivity contribution in [2.75, 3.05) is 23.3 Å². The molecule has 0 spiro atoms. The molecular weight excluding hydrogens is 336 g/mol. The van der Waals surface area contributed by atoms with Gasteiger partial charge in [0, 0.05) is 55.5 Å². The summed E-state index contributed by atoms with van der Waals surface area (Å²) in [6.45, 7) is 4.89. The summed E-state index contributed by atoms with van der Waals surface area (Å²) in [5.41, 5.74) is 3.10. The van der Waals surface area contributed by atoms with E-state index in [4.69, 9.17) is 0 Å². The SMILES string of the molecule is Cc1cc(NCc2ccnc(N3CCCCC3)c2)nc(-c2ccncc2)n1. The van der Waals surface area contributed by atoms with E-state index in [0.717, 1.165) is 36.0 Å². The molecule has 3 aromatic rings. The van der Waals surface area contributed by atoms with E-state index in [1.165, 1.54) is 24.8 Å². The smallest absolute Gasteiger partial charge is 0.161 e. The van der Waals surface area contributed by atoms with E-state index in [1.54, 1.807) is 12.4 Å². The molecule has 0 bridgehead atoms. The summed E-state index contributed by atoms with van der Waals surface area (Å²) in [5.74, 6) is 2.61. The average molecular weight is 360 g/mol. The lowest BCUT2D eigenvalue weighted by molar-refractivity contribution is 0.573. The molecule has 0 amide bonds. The van der Waals surface area contributed by atoms with E-state index in [1.807, 2.05) is 31.3 Å². The first-order valence-corrected chi connectivity index (χ1v) is 9.48. The molecule has 1 N–H and O–H groups in total. The zero-order valence-corrected chi connectivity index (χ0v) is 15.6. The molecule has 0 atom stereocenters. The lowest BCUT2D eigenvalue weighted by Crippen LogP contribution is -2.30. The van der Waals surface area contributed by atoms with Crippen molar-refractivity contribution >= 4 is 11.6 Å². The maximum absolute atomic E-state index is 4.66. The molecule has 0 saturated carbocycles. The molecule has 4 heterocycles. The quantitative estimate of drug-likeness (QED) is 0.745. The monoisotopic (exact) mass is 360 g/mol. The second-order valence-corrected chi connectivity index (χ2v) is 6.88. The van der Waals surface area contributed by atoms with Crippen molar-refractivity contribution in [3.8, 4) is 11.4 Å². The summed E-state index contributed by atoms with van der Waals surface area (Å²) in [6, 6.07) is 10.0. The van der Waals surface area contributed by atoms with Gasteiger partial charge >= 0.3 is 0 Å². The number of pyridine rings is 2. The van der Waals surface area contributed by atoms with Crippen molar-refractivity contribution in [1.29, 1.82) is 0 Å². The van der Waals surface area contributed by atoms with Crippen molar-refractivity contribution in [3.05, 3.63) is 60.2 Å². The molecule has 0 aromatic carbocycles. The molecule has 6 nitrogen and oxygen atoms in total. The minimum Gasteiger partial charge on any atom is -0.366 e. The first-order chi connectivity index (χ1) is 13.3. The van der Waals surface area contributed by atoms with Gasteiger partial charge in [-0.05, 0) is 56.0 Å². The summed E-state index contributed by atoms with van der Waals surface area (Å²) in [4.78, 5) is 20.2. The number of hydrogen-bond donors (Lipinski definition) is 1. The second kappa shape index (κ2) is 8.12. The van der Waals surface area contributed by atoms with Crippen LogP contribution < -0.4 is 10.2 Å². The van der Waals surface area contributed by atoms with Gasteiger partial charge in [0.1, 0.15) is 11.6 Å². The highest BCUT2D eigenvalue weighted by molar-refractivity contribution is 5.56. The first kappa shape index (κ1) is 17.4. The van der Waals surface area contributed by atoms with Crippen LogP contribution in [0.4, 0.5) is 11.6 Å². The van der Waals surface area contributed by atoms with Crippen molar-refractivity contribution in [2.45, 2.75) is 32.7 Å². The zero-order valence-electron chi connectivity index (χ0n) is 15.6.